The van der Waals surface area contributed by atoms with Gasteiger partial charge in [0, 0.05) is 58.0 Å². The van der Waals surface area contributed by atoms with Crippen LogP contribution >= 0.6 is 0 Å². The van der Waals surface area contributed by atoms with E-state index in [4.69, 9.17) is 37.9 Å². The van der Waals surface area contributed by atoms with Crippen LogP contribution in [0.3, 0.4) is 0 Å². The predicted octanol–water partition coefficient (Wildman–Crippen LogP) is 3.10. The average molecular weight is 748 g/mol. The summed E-state index contributed by atoms with van der Waals surface area (Å²) in [5, 5.41) is 37.6. The van der Waals surface area contributed by atoms with Crippen molar-refractivity contribution in [1.82, 2.24) is 5.32 Å². The topological polar surface area (TPSA) is 181 Å². The third kappa shape index (κ3) is 9.92. The third-order valence-electron chi connectivity index (χ3n) is 11.9. The van der Waals surface area contributed by atoms with Gasteiger partial charge in [-0.1, -0.05) is 27.7 Å². The summed E-state index contributed by atoms with van der Waals surface area (Å²) >= 11 is 0. The number of ketones is 1. The van der Waals surface area contributed by atoms with Crippen LogP contribution in [-0.4, -0.2) is 133 Å². The van der Waals surface area contributed by atoms with E-state index in [0.29, 0.717) is 6.42 Å². The quantitative estimate of drug-likeness (QED) is 0.253. The Bertz CT molecular complexity index is 1190. The van der Waals surface area contributed by atoms with Gasteiger partial charge in [0.15, 0.2) is 18.4 Å². The van der Waals surface area contributed by atoms with Crippen LogP contribution in [0.4, 0.5) is 0 Å². The SMILES string of the molecule is CC[C@H]1OC(=O)[C@H](C)[C@@H](O[C@H]2C[C@@](C)(OC)C[C@@](C)(O)O2)[C@H](C)[C@@H](O[C@@H]2O[C@H](C)C[C@H](NC)[C@H]2O)[C@](C)(OC)C[C@@H](C)C(=O)[C@H](C)[C@@H](OC)[C@@]1(C)O. The Morgan fingerprint density at radius 2 is 1.54 bits per heavy atom. The molecule has 3 aliphatic rings. The molecular weight excluding hydrogens is 678 g/mol. The van der Waals surface area contributed by atoms with Crippen LogP contribution in [0.15, 0.2) is 0 Å². The zero-order valence-electron chi connectivity index (χ0n) is 34.0. The van der Waals surface area contributed by atoms with Gasteiger partial charge in [0.05, 0.1) is 41.5 Å². The van der Waals surface area contributed by atoms with Gasteiger partial charge in [-0.3, -0.25) is 9.59 Å². The molecule has 0 aliphatic carbocycles. The number of aliphatic hydroxyl groups is 3. The number of carbonyl (C=O) groups excluding carboxylic acids is 2. The predicted molar refractivity (Wildman–Crippen MR) is 191 cm³/mol. The fourth-order valence-corrected chi connectivity index (χ4v) is 8.93. The van der Waals surface area contributed by atoms with Crippen molar-refractivity contribution in [2.75, 3.05) is 28.4 Å². The van der Waals surface area contributed by atoms with Crippen LogP contribution in [0.25, 0.3) is 0 Å². The van der Waals surface area contributed by atoms with Crippen molar-refractivity contribution in [3.8, 4) is 0 Å². The number of carbonyl (C=O) groups is 2. The maximum absolute atomic E-state index is 14.3. The Morgan fingerprint density at radius 1 is 0.904 bits per heavy atom. The minimum atomic E-state index is -1.74. The van der Waals surface area contributed by atoms with Gasteiger partial charge in [-0.2, -0.15) is 0 Å². The maximum Gasteiger partial charge on any atom is 0.311 e. The van der Waals surface area contributed by atoms with Crippen molar-refractivity contribution in [2.45, 2.75) is 179 Å². The maximum atomic E-state index is 14.3. The number of aliphatic hydroxyl groups excluding tert-OH is 1. The zero-order chi connectivity index (χ0) is 39.6. The summed E-state index contributed by atoms with van der Waals surface area (Å²) in [5.41, 5.74) is -3.78. The molecule has 3 aliphatic heterocycles. The van der Waals surface area contributed by atoms with Crippen molar-refractivity contribution in [2.24, 2.45) is 23.7 Å². The fourth-order valence-electron chi connectivity index (χ4n) is 8.93. The number of methoxy groups -OCH3 is 3. The van der Waals surface area contributed by atoms with E-state index in [1.807, 2.05) is 27.7 Å². The molecule has 3 rings (SSSR count). The van der Waals surface area contributed by atoms with Gasteiger partial charge in [-0.15, -0.1) is 0 Å². The van der Waals surface area contributed by atoms with E-state index in [1.54, 1.807) is 41.9 Å². The third-order valence-corrected chi connectivity index (χ3v) is 11.9. The second-order valence-electron chi connectivity index (χ2n) is 16.5. The van der Waals surface area contributed by atoms with Crippen molar-refractivity contribution < 1.29 is 62.8 Å². The molecule has 0 radical (unpaired) electrons. The van der Waals surface area contributed by atoms with E-state index in [1.165, 1.54) is 28.1 Å². The molecule has 17 atom stereocenters. The van der Waals surface area contributed by atoms with Crippen LogP contribution in [0, 0.1) is 23.7 Å². The molecule has 0 aromatic rings. The number of hydrogen-bond acceptors (Lipinski definition) is 14. The molecule has 3 fully saturated rings. The van der Waals surface area contributed by atoms with E-state index in [-0.39, 0.29) is 43.6 Å². The van der Waals surface area contributed by atoms with Gasteiger partial charge in [0.25, 0.3) is 0 Å². The fraction of sp³-hybridized carbons (Fsp3) is 0.947. The van der Waals surface area contributed by atoms with Gasteiger partial charge >= 0.3 is 5.97 Å². The smallest absolute Gasteiger partial charge is 0.311 e. The highest BCUT2D eigenvalue weighted by Crippen LogP contribution is 2.42. The molecular formula is C38H69NO13. The summed E-state index contributed by atoms with van der Waals surface area (Å²) in [6.45, 7) is 17.4. The van der Waals surface area contributed by atoms with E-state index >= 15 is 0 Å². The highest BCUT2D eigenvalue weighted by Gasteiger charge is 2.54. The Labute approximate surface area is 310 Å². The summed E-state index contributed by atoms with van der Waals surface area (Å²) in [5.74, 6) is -5.57. The van der Waals surface area contributed by atoms with Gasteiger partial charge in [0.1, 0.15) is 23.6 Å². The second-order valence-corrected chi connectivity index (χ2v) is 16.5. The largest absolute Gasteiger partial charge is 0.459 e. The number of rotatable bonds is 9. The highest BCUT2D eigenvalue weighted by atomic mass is 16.7. The van der Waals surface area contributed by atoms with E-state index in [9.17, 15) is 24.9 Å². The normalized spacial score (nSPS) is 48.9. The van der Waals surface area contributed by atoms with Crippen LogP contribution in [0.5, 0.6) is 0 Å². The number of cyclic esters (lactones) is 1. The van der Waals surface area contributed by atoms with Crippen molar-refractivity contribution in [1.29, 1.82) is 0 Å². The summed E-state index contributed by atoms with van der Waals surface area (Å²) in [7, 11) is 6.26. The van der Waals surface area contributed by atoms with Crippen molar-refractivity contribution in [3.05, 3.63) is 0 Å². The monoisotopic (exact) mass is 747 g/mol. The number of ether oxygens (including phenoxy) is 8. The van der Waals surface area contributed by atoms with Gasteiger partial charge < -0.3 is 58.5 Å². The van der Waals surface area contributed by atoms with E-state index in [0.717, 1.165) is 0 Å². The number of esters is 1. The van der Waals surface area contributed by atoms with Crippen LogP contribution in [0.1, 0.15) is 101 Å². The Balaban J connectivity index is 2.24. The van der Waals surface area contributed by atoms with Crippen LogP contribution in [0.2, 0.25) is 0 Å². The average Bonchev–Trinajstić information content (AvgIpc) is 3.07. The summed E-state index contributed by atoms with van der Waals surface area (Å²) in [6.07, 6.45) is -6.10. The Morgan fingerprint density at radius 3 is 2.08 bits per heavy atom. The molecule has 0 bridgehead atoms. The molecule has 3 heterocycles. The molecule has 0 spiro atoms. The first-order valence-electron chi connectivity index (χ1n) is 18.8. The highest BCUT2D eigenvalue weighted by molar-refractivity contribution is 5.83. The minimum absolute atomic E-state index is 0.160. The van der Waals surface area contributed by atoms with Crippen molar-refractivity contribution in [3.63, 3.8) is 0 Å². The number of nitrogens with one attached hydrogen (secondary N) is 1. The molecule has 4 N–H and O–H groups in total. The van der Waals surface area contributed by atoms with E-state index < -0.39 is 95.3 Å². The Kier molecular flexibility index (Phi) is 15.3. The molecule has 0 saturated carbocycles. The summed E-state index contributed by atoms with van der Waals surface area (Å²) in [4.78, 5) is 28.4. The molecule has 52 heavy (non-hydrogen) atoms. The molecule has 0 amide bonds. The molecule has 14 nitrogen and oxygen atoms in total. The van der Waals surface area contributed by atoms with Gasteiger partial charge in [-0.25, -0.2) is 0 Å². The molecule has 3 saturated heterocycles. The molecule has 0 aromatic heterocycles. The lowest BCUT2D eigenvalue weighted by Crippen LogP contribution is -2.61. The lowest BCUT2D eigenvalue weighted by molar-refractivity contribution is -0.355. The first kappa shape index (κ1) is 45.1. The first-order chi connectivity index (χ1) is 24.0. The van der Waals surface area contributed by atoms with Crippen LogP contribution in [-0.2, 0) is 47.5 Å². The van der Waals surface area contributed by atoms with Crippen LogP contribution < -0.4 is 5.32 Å². The molecule has 304 valence electrons. The first-order valence-corrected chi connectivity index (χ1v) is 18.8. The standard InChI is InChI=1S/C38H69NO13/c1-15-26-38(10,44)32(45-12)22(4)28(40)20(2)17-36(8,47-14)31(51-34-29(41)25(39-11)16-21(3)48-34)23(5)30(24(6)33(42)49-26)50-27-18-35(7,46-13)19-37(9,43)52-27/h20-27,29-32,34,39,41,43-44H,15-19H2,1-14H3/t20-,21-,22+,23+,24-,25+,26-,27-,29-,30+,31-,32-,34+,35-,36-,37+,38+/m1/s1. The summed E-state index contributed by atoms with van der Waals surface area (Å²) < 4.78 is 49.7. The Hall–Kier alpha value is -1.30. The zero-order valence-corrected chi connectivity index (χ0v) is 34.0. The van der Waals surface area contributed by atoms with E-state index in [2.05, 4.69) is 5.32 Å². The van der Waals surface area contributed by atoms with Crippen molar-refractivity contribution >= 4 is 11.8 Å². The molecule has 0 aromatic carbocycles. The van der Waals surface area contributed by atoms with Gasteiger partial charge in [-0.05, 0) is 67.9 Å². The molecule has 0 unspecified atom stereocenters. The molecule has 14 heteroatoms. The minimum Gasteiger partial charge on any atom is -0.459 e. The number of Topliss-reactive ketones (excluding diaryl/α,β-unsaturated/α-hetero) is 1. The summed E-state index contributed by atoms with van der Waals surface area (Å²) in [6, 6.07) is -0.326. The number of hydrogen-bond donors (Lipinski definition) is 4. The van der Waals surface area contributed by atoms with Gasteiger partial charge in [0.2, 0.25) is 0 Å². The number of likely N-dealkylation sites (N-methyl/N-ethyl adjacent to an activating group) is 1. The lowest BCUT2D eigenvalue weighted by atomic mass is 9.73. The lowest BCUT2D eigenvalue weighted by Gasteiger charge is -2.49. The second kappa shape index (κ2) is 17.7.